The normalized spacial score (nSPS) is 11.2. The van der Waals surface area contributed by atoms with E-state index in [1.165, 1.54) is 0 Å². The highest BCUT2D eigenvalue weighted by molar-refractivity contribution is 5.80. The molecule has 0 aliphatic carbocycles. The van der Waals surface area contributed by atoms with E-state index in [-0.39, 0.29) is 5.95 Å². The first-order chi connectivity index (χ1) is 10.1. The van der Waals surface area contributed by atoms with Gasteiger partial charge in [-0.05, 0) is 40.1 Å². The van der Waals surface area contributed by atoms with Crippen LogP contribution in [0.4, 0.5) is 5.95 Å². The summed E-state index contributed by atoms with van der Waals surface area (Å²) in [4.78, 5) is 1.13. The van der Waals surface area contributed by atoms with Crippen molar-refractivity contribution in [3.63, 3.8) is 0 Å². The number of rotatable bonds is 6. The van der Waals surface area contributed by atoms with Crippen molar-refractivity contribution in [3.05, 3.63) is 23.8 Å². The Morgan fingerprint density at radius 1 is 1.38 bits per heavy atom. The van der Waals surface area contributed by atoms with Crippen LogP contribution in [0.5, 0.6) is 11.5 Å². The van der Waals surface area contributed by atoms with E-state index in [0.29, 0.717) is 24.0 Å². The molecule has 112 valence electrons. The van der Waals surface area contributed by atoms with Gasteiger partial charge < -0.3 is 15.2 Å². The molecule has 8 nitrogen and oxygen atoms in total. The highest BCUT2D eigenvalue weighted by Gasteiger charge is 2.06. The molecule has 0 aliphatic heterocycles. The first kappa shape index (κ1) is 14.8. The Labute approximate surface area is 122 Å². The molecule has 0 bridgehead atoms. The summed E-state index contributed by atoms with van der Waals surface area (Å²) in [6, 6.07) is 5.52. The lowest BCUT2D eigenvalue weighted by molar-refractivity contribution is 0.257. The molecule has 0 spiro atoms. The number of nitrogens with zero attached hydrogens (tertiary/aromatic N) is 5. The van der Waals surface area contributed by atoms with E-state index < -0.39 is 0 Å². The van der Waals surface area contributed by atoms with Gasteiger partial charge in [0.15, 0.2) is 11.5 Å². The van der Waals surface area contributed by atoms with Crippen molar-refractivity contribution in [3.8, 4) is 11.5 Å². The maximum atomic E-state index is 5.69. The van der Waals surface area contributed by atoms with Crippen molar-refractivity contribution in [1.29, 1.82) is 0 Å². The minimum atomic E-state index is 0.120. The summed E-state index contributed by atoms with van der Waals surface area (Å²) < 4.78 is 11.0. The molecule has 21 heavy (non-hydrogen) atoms. The van der Waals surface area contributed by atoms with E-state index in [0.717, 1.165) is 10.4 Å². The Balaban J connectivity index is 2.15. The van der Waals surface area contributed by atoms with Crippen LogP contribution in [-0.2, 0) is 0 Å². The molecule has 0 atom stereocenters. The number of nitrogens with two attached hydrogens (primary N) is 1. The van der Waals surface area contributed by atoms with Crippen LogP contribution in [0.1, 0.15) is 19.4 Å². The monoisotopic (exact) mass is 290 g/mol. The summed E-state index contributed by atoms with van der Waals surface area (Å²) in [6.45, 7) is 4.80. The van der Waals surface area contributed by atoms with Gasteiger partial charge >= 0.3 is 0 Å². The molecule has 1 aromatic carbocycles. The van der Waals surface area contributed by atoms with Gasteiger partial charge in [0.1, 0.15) is 0 Å². The van der Waals surface area contributed by atoms with E-state index in [4.69, 9.17) is 15.2 Å². The van der Waals surface area contributed by atoms with Crippen molar-refractivity contribution >= 4 is 12.2 Å². The van der Waals surface area contributed by atoms with Crippen LogP contribution in [0, 0.1) is 5.92 Å². The number of benzene rings is 1. The zero-order valence-electron chi connectivity index (χ0n) is 12.2. The molecule has 0 saturated heterocycles. The highest BCUT2D eigenvalue weighted by atomic mass is 16.5. The van der Waals surface area contributed by atoms with Crippen LogP contribution >= 0.6 is 0 Å². The Kier molecular flexibility index (Phi) is 4.70. The lowest BCUT2D eigenvalue weighted by Gasteiger charge is -2.12. The molecule has 2 rings (SSSR count). The Bertz CT molecular complexity index is 623. The van der Waals surface area contributed by atoms with Crippen molar-refractivity contribution < 1.29 is 9.47 Å². The Hall–Kier alpha value is -2.64. The van der Waals surface area contributed by atoms with Crippen molar-refractivity contribution in [2.75, 3.05) is 19.5 Å². The van der Waals surface area contributed by atoms with Crippen molar-refractivity contribution in [1.82, 2.24) is 20.3 Å². The van der Waals surface area contributed by atoms with Crippen LogP contribution in [0.3, 0.4) is 0 Å². The summed E-state index contributed by atoms with van der Waals surface area (Å²) in [6.07, 6.45) is 1.58. The van der Waals surface area contributed by atoms with Crippen LogP contribution in [-0.4, -0.2) is 40.2 Å². The van der Waals surface area contributed by atoms with Crippen LogP contribution in [0.25, 0.3) is 0 Å². The third-order valence-corrected chi connectivity index (χ3v) is 2.55. The van der Waals surface area contributed by atoms with E-state index >= 15 is 0 Å². The smallest absolute Gasteiger partial charge is 0.263 e. The van der Waals surface area contributed by atoms with Gasteiger partial charge in [-0.25, -0.2) is 0 Å². The number of hydrogen-bond acceptors (Lipinski definition) is 7. The van der Waals surface area contributed by atoms with Crippen molar-refractivity contribution in [2.45, 2.75) is 13.8 Å². The number of tetrazole rings is 1. The molecule has 8 heteroatoms. The van der Waals surface area contributed by atoms with E-state index in [2.05, 4.69) is 34.5 Å². The number of anilines is 1. The lowest BCUT2D eigenvalue weighted by Crippen LogP contribution is -2.05. The van der Waals surface area contributed by atoms with Crippen LogP contribution in [0.2, 0.25) is 0 Å². The summed E-state index contributed by atoms with van der Waals surface area (Å²) in [5.74, 6) is 1.91. The third kappa shape index (κ3) is 3.91. The first-order valence-corrected chi connectivity index (χ1v) is 6.49. The highest BCUT2D eigenvalue weighted by Crippen LogP contribution is 2.28. The molecule has 0 radical (unpaired) electrons. The molecule has 0 unspecified atom stereocenters. The second-order valence-electron chi connectivity index (χ2n) is 4.79. The van der Waals surface area contributed by atoms with Gasteiger partial charge in [-0.15, -0.1) is 0 Å². The standard InChI is InChI=1S/C13H18N6O2/c1-9(2)8-21-11-5-4-10(6-12(11)20-3)7-15-19-13(14)16-17-18-19/h4-7,9H,8H2,1-3H3,(H2,14,16,18). The second-order valence-corrected chi connectivity index (χ2v) is 4.79. The molecule has 1 heterocycles. The Morgan fingerprint density at radius 2 is 2.19 bits per heavy atom. The largest absolute Gasteiger partial charge is 0.493 e. The fraction of sp³-hybridized carbons (Fsp3) is 0.385. The number of aromatic nitrogens is 4. The molecule has 0 aliphatic rings. The average Bonchev–Trinajstić information content (AvgIpc) is 2.88. The number of methoxy groups -OCH3 is 1. The SMILES string of the molecule is COc1cc(C=Nn2nnnc2N)ccc1OCC(C)C. The topological polar surface area (TPSA) is 100 Å². The summed E-state index contributed by atoms with van der Waals surface area (Å²) in [7, 11) is 1.60. The maximum Gasteiger partial charge on any atom is 0.263 e. The second kappa shape index (κ2) is 6.69. The van der Waals surface area contributed by atoms with Gasteiger partial charge in [-0.1, -0.05) is 23.7 Å². The van der Waals surface area contributed by atoms with Crippen molar-refractivity contribution in [2.24, 2.45) is 11.0 Å². The Morgan fingerprint density at radius 3 is 2.81 bits per heavy atom. The molecule has 0 amide bonds. The van der Waals surface area contributed by atoms with E-state index in [1.54, 1.807) is 13.3 Å². The molecular formula is C13H18N6O2. The van der Waals surface area contributed by atoms with Gasteiger partial charge in [0, 0.05) is 0 Å². The molecule has 0 saturated carbocycles. The van der Waals surface area contributed by atoms with Gasteiger partial charge in [-0.3, -0.25) is 0 Å². The third-order valence-electron chi connectivity index (χ3n) is 2.55. The quantitative estimate of drug-likeness (QED) is 0.802. The summed E-state index contributed by atoms with van der Waals surface area (Å²) in [5, 5.41) is 14.6. The number of nitrogen functional groups attached to an aromatic ring is 1. The van der Waals surface area contributed by atoms with E-state index in [1.807, 2.05) is 18.2 Å². The summed E-state index contributed by atoms with van der Waals surface area (Å²) >= 11 is 0. The zero-order valence-corrected chi connectivity index (χ0v) is 12.2. The van der Waals surface area contributed by atoms with E-state index in [9.17, 15) is 0 Å². The fourth-order valence-corrected chi connectivity index (χ4v) is 1.53. The number of hydrogen-bond donors (Lipinski definition) is 1. The van der Waals surface area contributed by atoms with Gasteiger partial charge in [0.2, 0.25) is 0 Å². The predicted molar refractivity (Wildman–Crippen MR) is 78.5 cm³/mol. The van der Waals surface area contributed by atoms with Gasteiger partial charge in [-0.2, -0.15) is 5.10 Å². The molecular weight excluding hydrogens is 272 g/mol. The summed E-state index contributed by atoms with van der Waals surface area (Å²) in [5.41, 5.74) is 6.34. The number of ether oxygens (including phenoxy) is 2. The van der Waals surface area contributed by atoms with Gasteiger partial charge in [0.05, 0.1) is 19.9 Å². The average molecular weight is 290 g/mol. The minimum absolute atomic E-state index is 0.120. The minimum Gasteiger partial charge on any atom is -0.493 e. The first-order valence-electron chi connectivity index (χ1n) is 6.49. The predicted octanol–water partition coefficient (Wildman–Crippen LogP) is 1.18. The van der Waals surface area contributed by atoms with Crippen LogP contribution in [0.15, 0.2) is 23.3 Å². The zero-order chi connectivity index (χ0) is 15.2. The molecule has 0 fully saturated rings. The lowest BCUT2D eigenvalue weighted by atomic mass is 10.2. The fourth-order valence-electron chi connectivity index (χ4n) is 1.53. The molecule has 1 aromatic heterocycles. The van der Waals surface area contributed by atoms with Gasteiger partial charge in [0.25, 0.3) is 5.95 Å². The molecule has 2 N–H and O–H groups in total. The molecule has 2 aromatic rings. The maximum absolute atomic E-state index is 5.69. The van der Waals surface area contributed by atoms with Crippen LogP contribution < -0.4 is 15.2 Å².